The van der Waals surface area contributed by atoms with Gasteiger partial charge in [0.05, 0.1) is 11.1 Å². The van der Waals surface area contributed by atoms with Crippen LogP contribution in [0.2, 0.25) is 5.02 Å². The summed E-state index contributed by atoms with van der Waals surface area (Å²) in [7, 11) is 0. The van der Waals surface area contributed by atoms with Crippen LogP contribution in [0.1, 0.15) is 13.8 Å². The Bertz CT molecular complexity index is 233. The molecule has 0 fully saturated rings. The first-order chi connectivity index (χ1) is 5.20. The number of ether oxygens (including phenoxy) is 1. The average molecular weight is 170 g/mol. The van der Waals surface area contributed by atoms with Gasteiger partial charge in [0.25, 0.3) is 0 Å². The van der Waals surface area contributed by atoms with Gasteiger partial charge in [0, 0.05) is 6.07 Å². The molecule has 0 N–H and O–H groups in total. The maximum atomic E-state index is 5.79. The fourth-order valence-corrected chi connectivity index (χ4v) is 0.917. The van der Waals surface area contributed by atoms with Crippen LogP contribution in [0.15, 0.2) is 18.2 Å². The summed E-state index contributed by atoms with van der Waals surface area (Å²) in [6.45, 7) is 3.92. The van der Waals surface area contributed by atoms with Crippen molar-refractivity contribution < 1.29 is 4.74 Å². The molecule has 0 aliphatic carbocycles. The third-order valence-electron chi connectivity index (χ3n) is 1.13. The Morgan fingerprint density at radius 3 is 2.82 bits per heavy atom. The molecule has 0 saturated carbocycles. The first kappa shape index (κ1) is 8.41. The second-order valence-corrected chi connectivity index (χ2v) is 2.89. The van der Waals surface area contributed by atoms with E-state index in [4.69, 9.17) is 16.3 Å². The molecule has 1 radical (unpaired) electrons. The minimum Gasteiger partial charge on any atom is -0.489 e. The highest BCUT2D eigenvalue weighted by molar-refractivity contribution is 6.31. The number of rotatable bonds is 2. The lowest BCUT2D eigenvalue weighted by molar-refractivity contribution is 0.242. The van der Waals surface area contributed by atoms with Gasteiger partial charge in [-0.15, -0.1) is 0 Å². The lowest BCUT2D eigenvalue weighted by Gasteiger charge is -2.09. The SMILES string of the molecule is CC(C)Oc1ccc[c]c1Cl. The van der Waals surface area contributed by atoms with E-state index in [0.717, 1.165) is 0 Å². The largest absolute Gasteiger partial charge is 0.489 e. The van der Waals surface area contributed by atoms with Crippen molar-refractivity contribution >= 4 is 11.6 Å². The fraction of sp³-hybridized carbons (Fsp3) is 0.333. The van der Waals surface area contributed by atoms with Gasteiger partial charge < -0.3 is 4.74 Å². The lowest BCUT2D eigenvalue weighted by Crippen LogP contribution is -2.05. The summed E-state index contributed by atoms with van der Waals surface area (Å²) in [4.78, 5) is 0. The molecule has 0 aliphatic rings. The van der Waals surface area contributed by atoms with Crippen LogP contribution in [0.4, 0.5) is 0 Å². The summed E-state index contributed by atoms with van der Waals surface area (Å²) in [5.74, 6) is 0.698. The summed E-state index contributed by atoms with van der Waals surface area (Å²) in [6, 6.07) is 8.29. The van der Waals surface area contributed by atoms with Crippen LogP contribution in [-0.4, -0.2) is 6.10 Å². The van der Waals surface area contributed by atoms with Crippen molar-refractivity contribution in [2.45, 2.75) is 20.0 Å². The molecule has 0 bridgehead atoms. The minimum absolute atomic E-state index is 0.156. The maximum Gasteiger partial charge on any atom is 0.138 e. The van der Waals surface area contributed by atoms with Gasteiger partial charge in [-0.3, -0.25) is 0 Å². The second-order valence-electron chi connectivity index (χ2n) is 2.51. The van der Waals surface area contributed by atoms with Gasteiger partial charge in [-0.1, -0.05) is 23.7 Å². The molecule has 1 aromatic carbocycles. The predicted molar refractivity (Wildman–Crippen MR) is 46.1 cm³/mol. The number of hydrogen-bond donors (Lipinski definition) is 0. The van der Waals surface area contributed by atoms with Gasteiger partial charge in [-0.05, 0) is 19.9 Å². The Morgan fingerprint density at radius 2 is 2.27 bits per heavy atom. The Labute approximate surface area is 71.9 Å². The zero-order valence-corrected chi connectivity index (χ0v) is 7.35. The minimum atomic E-state index is 0.156. The van der Waals surface area contributed by atoms with E-state index in [1.807, 2.05) is 26.0 Å². The lowest BCUT2D eigenvalue weighted by atomic mass is 10.3. The number of hydrogen-bond acceptors (Lipinski definition) is 1. The average Bonchev–Trinajstić information content (AvgIpc) is 1.93. The second kappa shape index (κ2) is 3.63. The van der Waals surface area contributed by atoms with E-state index in [9.17, 15) is 0 Å². The van der Waals surface area contributed by atoms with Gasteiger partial charge in [0.2, 0.25) is 0 Å². The quantitative estimate of drug-likeness (QED) is 0.662. The summed E-state index contributed by atoms with van der Waals surface area (Å²) in [5, 5.41) is 0.543. The molecule has 0 spiro atoms. The molecule has 0 unspecified atom stereocenters. The van der Waals surface area contributed by atoms with Crippen molar-refractivity contribution in [3.05, 3.63) is 29.3 Å². The monoisotopic (exact) mass is 169 g/mol. The third kappa shape index (κ3) is 2.43. The summed E-state index contributed by atoms with van der Waals surface area (Å²) >= 11 is 5.79. The van der Waals surface area contributed by atoms with Crippen LogP contribution in [0.5, 0.6) is 5.75 Å². The molecule has 0 amide bonds. The number of halogens is 1. The molecular weight excluding hydrogens is 160 g/mol. The number of benzene rings is 1. The fourth-order valence-electron chi connectivity index (χ4n) is 0.746. The van der Waals surface area contributed by atoms with Gasteiger partial charge in [-0.25, -0.2) is 0 Å². The van der Waals surface area contributed by atoms with Crippen LogP contribution in [-0.2, 0) is 0 Å². The zero-order chi connectivity index (χ0) is 8.27. The zero-order valence-electron chi connectivity index (χ0n) is 6.60. The summed E-state index contributed by atoms with van der Waals surface area (Å²) in [6.07, 6.45) is 0.156. The van der Waals surface area contributed by atoms with Crippen LogP contribution < -0.4 is 4.74 Å². The highest BCUT2D eigenvalue weighted by Crippen LogP contribution is 2.23. The Morgan fingerprint density at radius 1 is 1.55 bits per heavy atom. The van der Waals surface area contributed by atoms with Gasteiger partial charge >= 0.3 is 0 Å². The van der Waals surface area contributed by atoms with Crippen LogP contribution in [0.3, 0.4) is 0 Å². The van der Waals surface area contributed by atoms with Gasteiger partial charge in [-0.2, -0.15) is 0 Å². The van der Waals surface area contributed by atoms with E-state index < -0.39 is 0 Å². The molecule has 0 heterocycles. The molecule has 0 atom stereocenters. The van der Waals surface area contributed by atoms with E-state index in [1.165, 1.54) is 0 Å². The molecular formula is C9H10ClO. The van der Waals surface area contributed by atoms with E-state index in [0.29, 0.717) is 10.8 Å². The Kier molecular flexibility index (Phi) is 2.77. The van der Waals surface area contributed by atoms with Crippen molar-refractivity contribution in [2.75, 3.05) is 0 Å². The molecule has 59 valence electrons. The molecule has 2 heteroatoms. The van der Waals surface area contributed by atoms with Crippen LogP contribution in [0.25, 0.3) is 0 Å². The normalized spacial score (nSPS) is 10.2. The molecule has 1 rings (SSSR count). The van der Waals surface area contributed by atoms with Crippen molar-refractivity contribution in [1.29, 1.82) is 0 Å². The van der Waals surface area contributed by atoms with Crippen molar-refractivity contribution in [2.24, 2.45) is 0 Å². The molecule has 0 saturated heterocycles. The van der Waals surface area contributed by atoms with Crippen LogP contribution >= 0.6 is 11.6 Å². The molecule has 0 aromatic heterocycles. The Hall–Kier alpha value is -0.690. The molecule has 0 aliphatic heterocycles. The van der Waals surface area contributed by atoms with Gasteiger partial charge in [0.1, 0.15) is 5.75 Å². The maximum absolute atomic E-state index is 5.79. The molecule has 1 nitrogen and oxygen atoms in total. The van der Waals surface area contributed by atoms with E-state index in [-0.39, 0.29) is 6.10 Å². The van der Waals surface area contributed by atoms with E-state index in [2.05, 4.69) is 6.07 Å². The topological polar surface area (TPSA) is 9.23 Å². The van der Waals surface area contributed by atoms with Crippen molar-refractivity contribution in [3.8, 4) is 5.75 Å². The van der Waals surface area contributed by atoms with E-state index in [1.54, 1.807) is 6.07 Å². The highest BCUT2D eigenvalue weighted by atomic mass is 35.5. The first-order valence-corrected chi connectivity index (χ1v) is 3.91. The van der Waals surface area contributed by atoms with Crippen molar-refractivity contribution in [3.63, 3.8) is 0 Å². The standard InChI is InChI=1S/C9H10ClO/c1-7(2)11-9-6-4-3-5-8(9)10/h3-4,6-7H,1-2H3. The van der Waals surface area contributed by atoms with Crippen molar-refractivity contribution in [1.82, 2.24) is 0 Å². The summed E-state index contributed by atoms with van der Waals surface area (Å²) in [5.41, 5.74) is 0. The highest BCUT2D eigenvalue weighted by Gasteiger charge is 2.00. The van der Waals surface area contributed by atoms with Gasteiger partial charge in [0.15, 0.2) is 0 Å². The Balaban J connectivity index is 2.78. The molecule has 1 aromatic rings. The predicted octanol–water partition coefficient (Wildman–Crippen LogP) is 2.93. The smallest absolute Gasteiger partial charge is 0.138 e. The first-order valence-electron chi connectivity index (χ1n) is 3.53. The van der Waals surface area contributed by atoms with Crippen LogP contribution in [0, 0.1) is 6.07 Å². The summed E-state index contributed by atoms with van der Waals surface area (Å²) < 4.78 is 5.38. The molecule has 11 heavy (non-hydrogen) atoms. The third-order valence-corrected chi connectivity index (χ3v) is 1.43. The van der Waals surface area contributed by atoms with E-state index >= 15 is 0 Å².